The maximum Gasteiger partial charge on any atom is 0.191 e. The zero-order valence-corrected chi connectivity index (χ0v) is 17.8. The Balaban J connectivity index is 0.00000312. The van der Waals surface area contributed by atoms with Crippen molar-refractivity contribution in [1.82, 2.24) is 15.5 Å². The van der Waals surface area contributed by atoms with Gasteiger partial charge in [0.2, 0.25) is 0 Å². The number of morpholine rings is 1. The number of ether oxygens (including phenoxy) is 3. The first-order valence-corrected chi connectivity index (χ1v) is 9.40. The minimum absolute atomic E-state index is 0. The molecule has 0 aromatic carbocycles. The quantitative estimate of drug-likeness (QED) is 0.216. The molecule has 2 N–H and O–H groups in total. The number of aliphatic imine (C=N–C) groups is 1. The molecule has 2 heterocycles. The van der Waals surface area contributed by atoms with Crippen LogP contribution in [0.3, 0.4) is 0 Å². The summed E-state index contributed by atoms with van der Waals surface area (Å²) < 4.78 is 16.4. The van der Waals surface area contributed by atoms with Crippen LogP contribution in [0.4, 0.5) is 0 Å². The molecule has 0 bridgehead atoms. The third-order valence-electron chi connectivity index (χ3n) is 4.21. The van der Waals surface area contributed by atoms with Crippen molar-refractivity contribution in [1.29, 1.82) is 0 Å². The summed E-state index contributed by atoms with van der Waals surface area (Å²) in [6.07, 6.45) is 3.38. The Morgan fingerprint density at radius 3 is 2.72 bits per heavy atom. The van der Waals surface area contributed by atoms with Crippen LogP contribution in [0.25, 0.3) is 0 Å². The standard InChI is InChI=1S/C17H34N4O3.HI/c1-2-18-17(19-6-3-8-21-9-13-22-14-10-21)20-7-4-11-24-16-5-12-23-15-16;/h16H,2-15H2,1H3,(H2,18,19,20);1H. The first-order chi connectivity index (χ1) is 11.9. The van der Waals surface area contributed by atoms with Gasteiger partial charge in [0.15, 0.2) is 5.96 Å². The summed E-state index contributed by atoms with van der Waals surface area (Å²) in [4.78, 5) is 7.07. The Labute approximate surface area is 169 Å². The fourth-order valence-electron chi connectivity index (χ4n) is 2.83. The van der Waals surface area contributed by atoms with Crippen molar-refractivity contribution in [3.05, 3.63) is 0 Å². The number of hydrogen-bond acceptors (Lipinski definition) is 5. The average molecular weight is 470 g/mol. The maximum absolute atomic E-state index is 5.76. The molecule has 25 heavy (non-hydrogen) atoms. The summed E-state index contributed by atoms with van der Waals surface area (Å²) in [5, 5.41) is 6.71. The number of halogens is 1. The molecular weight excluding hydrogens is 435 g/mol. The van der Waals surface area contributed by atoms with Crippen molar-refractivity contribution < 1.29 is 14.2 Å². The minimum atomic E-state index is 0. The number of rotatable bonds is 10. The van der Waals surface area contributed by atoms with E-state index in [2.05, 4.69) is 27.4 Å². The predicted octanol–water partition coefficient (Wildman–Crippen LogP) is 1.08. The molecule has 2 aliphatic rings. The Morgan fingerprint density at radius 1 is 1.16 bits per heavy atom. The van der Waals surface area contributed by atoms with E-state index < -0.39 is 0 Å². The Hall–Kier alpha value is -0.160. The van der Waals surface area contributed by atoms with Crippen LogP contribution in [0.5, 0.6) is 0 Å². The van der Waals surface area contributed by atoms with E-state index in [1.165, 1.54) is 0 Å². The van der Waals surface area contributed by atoms with E-state index in [0.29, 0.717) is 6.10 Å². The normalized spacial score (nSPS) is 21.8. The van der Waals surface area contributed by atoms with Crippen molar-refractivity contribution in [2.75, 3.05) is 72.3 Å². The fraction of sp³-hybridized carbons (Fsp3) is 0.941. The zero-order chi connectivity index (χ0) is 16.9. The molecule has 0 aliphatic carbocycles. The second-order valence-electron chi connectivity index (χ2n) is 6.20. The summed E-state index contributed by atoms with van der Waals surface area (Å²) in [6, 6.07) is 0. The third-order valence-corrected chi connectivity index (χ3v) is 4.21. The van der Waals surface area contributed by atoms with Gasteiger partial charge in [0.1, 0.15) is 0 Å². The van der Waals surface area contributed by atoms with E-state index in [1.807, 2.05) is 0 Å². The topological polar surface area (TPSA) is 67.4 Å². The highest BCUT2D eigenvalue weighted by atomic mass is 127. The molecule has 0 saturated carbocycles. The van der Waals surface area contributed by atoms with Gasteiger partial charge in [-0.3, -0.25) is 9.89 Å². The van der Waals surface area contributed by atoms with Crippen LogP contribution in [0.1, 0.15) is 26.2 Å². The number of hydrogen-bond donors (Lipinski definition) is 2. The van der Waals surface area contributed by atoms with Gasteiger partial charge in [-0.15, -0.1) is 24.0 Å². The summed E-state index contributed by atoms with van der Waals surface area (Å²) in [5.41, 5.74) is 0. The molecule has 0 radical (unpaired) electrons. The van der Waals surface area contributed by atoms with Gasteiger partial charge in [-0.2, -0.15) is 0 Å². The molecule has 7 nitrogen and oxygen atoms in total. The Bertz CT molecular complexity index is 349. The highest BCUT2D eigenvalue weighted by Crippen LogP contribution is 2.08. The van der Waals surface area contributed by atoms with Gasteiger partial charge >= 0.3 is 0 Å². The van der Waals surface area contributed by atoms with Crippen molar-refractivity contribution in [2.24, 2.45) is 4.99 Å². The molecule has 1 atom stereocenters. The SMILES string of the molecule is CCNC(=NCCCOC1CCOC1)NCCCN1CCOCC1.I. The number of nitrogens with one attached hydrogen (secondary N) is 2. The Kier molecular flexibility index (Phi) is 13.7. The first-order valence-electron chi connectivity index (χ1n) is 9.40. The van der Waals surface area contributed by atoms with Crippen LogP contribution in [-0.2, 0) is 14.2 Å². The number of nitrogens with zero attached hydrogens (tertiary/aromatic N) is 2. The van der Waals surface area contributed by atoms with Gasteiger partial charge in [-0.1, -0.05) is 0 Å². The van der Waals surface area contributed by atoms with Gasteiger partial charge in [0.25, 0.3) is 0 Å². The van der Waals surface area contributed by atoms with Gasteiger partial charge in [-0.25, -0.2) is 0 Å². The second kappa shape index (κ2) is 15.0. The molecule has 1 unspecified atom stereocenters. The van der Waals surface area contributed by atoms with Crippen molar-refractivity contribution in [2.45, 2.75) is 32.3 Å². The van der Waals surface area contributed by atoms with E-state index in [4.69, 9.17) is 14.2 Å². The summed E-state index contributed by atoms with van der Waals surface area (Å²) in [6.45, 7) is 12.0. The summed E-state index contributed by atoms with van der Waals surface area (Å²) >= 11 is 0. The lowest BCUT2D eigenvalue weighted by Gasteiger charge is -2.26. The lowest BCUT2D eigenvalue weighted by atomic mass is 10.3. The smallest absolute Gasteiger partial charge is 0.191 e. The fourth-order valence-corrected chi connectivity index (χ4v) is 2.83. The minimum Gasteiger partial charge on any atom is -0.379 e. The Morgan fingerprint density at radius 2 is 2.00 bits per heavy atom. The molecule has 0 amide bonds. The molecule has 0 spiro atoms. The van der Waals surface area contributed by atoms with Crippen molar-refractivity contribution in [3.63, 3.8) is 0 Å². The van der Waals surface area contributed by atoms with Gasteiger partial charge in [0.05, 0.1) is 25.9 Å². The van der Waals surface area contributed by atoms with Gasteiger partial charge in [-0.05, 0) is 32.7 Å². The van der Waals surface area contributed by atoms with Gasteiger partial charge in [0, 0.05) is 45.9 Å². The van der Waals surface area contributed by atoms with E-state index in [0.717, 1.165) is 97.5 Å². The molecule has 0 aromatic rings. The lowest BCUT2D eigenvalue weighted by molar-refractivity contribution is 0.0376. The average Bonchev–Trinajstić information content (AvgIpc) is 3.12. The van der Waals surface area contributed by atoms with E-state index >= 15 is 0 Å². The molecule has 8 heteroatoms. The summed E-state index contributed by atoms with van der Waals surface area (Å²) in [5.74, 6) is 0.906. The highest BCUT2D eigenvalue weighted by molar-refractivity contribution is 14.0. The molecular formula is C17H35IN4O3. The largest absolute Gasteiger partial charge is 0.379 e. The predicted molar refractivity (Wildman–Crippen MR) is 111 cm³/mol. The molecule has 0 aromatic heterocycles. The maximum atomic E-state index is 5.76. The van der Waals surface area contributed by atoms with Crippen LogP contribution in [0, 0.1) is 0 Å². The van der Waals surface area contributed by atoms with E-state index in [-0.39, 0.29) is 24.0 Å². The zero-order valence-electron chi connectivity index (χ0n) is 15.5. The first kappa shape index (κ1) is 22.9. The molecule has 2 saturated heterocycles. The molecule has 2 rings (SSSR count). The summed E-state index contributed by atoms with van der Waals surface area (Å²) in [7, 11) is 0. The monoisotopic (exact) mass is 470 g/mol. The van der Waals surface area contributed by atoms with Crippen LogP contribution in [-0.4, -0.2) is 89.3 Å². The van der Waals surface area contributed by atoms with Crippen molar-refractivity contribution in [3.8, 4) is 0 Å². The van der Waals surface area contributed by atoms with E-state index in [1.54, 1.807) is 0 Å². The third kappa shape index (κ3) is 10.5. The second-order valence-corrected chi connectivity index (χ2v) is 6.20. The van der Waals surface area contributed by atoms with Crippen LogP contribution >= 0.6 is 24.0 Å². The van der Waals surface area contributed by atoms with E-state index in [9.17, 15) is 0 Å². The number of guanidine groups is 1. The van der Waals surface area contributed by atoms with Crippen LogP contribution < -0.4 is 10.6 Å². The molecule has 148 valence electrons. The lowest BCUT2D eigenvalue weighted by Crippen LogP contribution is -2.40. The molecule has 2 aliphatic heterocycles. The molecule has 2 fully saturated rings. The van der Waals surface area contributed by atoms with Crippen LogP contribution in [0.15, 0.2) is 4.99 Å². The highest BCUT2D eigenvalue weighted by Gasteiger charge is 2.15. The van der Waals surface area contributed by atoms with Crippen LogP contribution in [0.2, 0.25) is 0 Å². The van der Waals surface area contributed by atoms with Gasteiger partial charge < -0.3 is 24.8 Å². The van der Waals surface area contributed by atoms with Crippen molar-refractivity contribution >= 4 is 29.9 Å².